The summed E-state index contributed by atoms with van der Waals surface area (Å²) in [6.07, 6.45) is 1.71. The highest BCUT2D eigenvalue weighted by Gasteiger charge is 2.26. The molecule has 0 radical (unpaired) electrons. The fourth-order valence-corrected chi connectivity index (χ4v) is 3.39. The van der Waals surface area contributed by atoms with E-state index in [1.54, 1.807) is 24.1 Å². The van der Waals surface area contributed by atoms with Crippen molar-refractivity contribution in [3.05, 3.63) is 77.5 Å². The molecule has 0 saturated carbocycles. The molecule has 3 aromatic rings. The number of amides is 1. The van der Waals surface area contributed by atoms with Crippen LogP contribution in [0.3, 0.4) is 0 Å². The molecule has 0 fully saturated rings. The van der Waals surface area contributed by atoms with E-state index in [1.165, 1.54) is 11.1 Å². The quantitative estimate of drug-likeness (QED) is 0.717. The zero-order chi connectivity index (χ0) is 19.3. The van der Waals surface area contributed by atoms with Crippen LogP contribution in [-0.4, -0.2) is 36.3 Å². The maximum Gasteiger partial charge on any atom is 0.278 e. The average Bonchev–Trinajstić information content (AvgIpc) is 3.18. The molecule has 1 aromatic heterocycles. The van der Waals surface area contributed by atoms with Crippen molar-refractivity contribution in [1.82, 2.24) is 10.2 Å². The molecule has 2 heterocycles. The van der Waals surface area contributed by atoms with E-state index in [4.69, 9.17) is 4.74 Å². The van der Waals surface area contributed by atoms with E-state index < -0.39 is 0 Å². The number of carbonyl (C=O) groups is 1. The monoisotopic (exact) mass is 374 g/mol. The lowest BCUT2D eigenvalue weighted by Gasteiger charge is -2.16. The molecule has 0 bridgehead atoms. The average molecular weight is 374 g/mol. The molecule has 0 spiro atoms. The highest BCUT2D eigenvalue weighted by atomic mass is 16.5. The van der Waals surface area contributed by atoms with Gasteiger partial charge >= 0.3 is 0 Å². The zero-order valence-corrected chi connectivity index (χ0v) is 15.8. The molecule has 0 unspecified atom stereocenters. The highest BCUT2D eigenvalue weighted by Crippen LogP contribution is 2.28. The van der Waals surface area contributed by atoms with Gasteiger partial charge in [-0.1, -0.05) is 30.3 Å². The van der Waals surface area contributed by atoms with Crippen LogP contribution in [0.4, 0.5) is 11.5 Å². The number of carbonyl (C=O) groups excluding carboxylic acids is 1. The molecule has 0 saturated heterocycles. The summed E-state index contributed by atoms with van der Waals surface area (Å²) in [5.41, 5.74) is 3.70. The van der Waals surface area contributed by atoms with Crippen molar-refractivity contribution in [3.8, 4) is 5.75 Å². The summed E-state index contributed by atoms with van der Waals surface area (Å²) in [5.74, 6) is 1.39. The van der Waals surface area contributed by atoms with Gasteiger partial charge in [-0.25, -0.2) is 0 Å². The number of rotatable bonds is 6. The van der Waals surface area contributed by atoms with Crippen molar-refractivity contribution in [2.45, 2.75) is 12.8 Å². The fourth-order valence-electron chi connectivity index (χ4n) is 3.39. The van der Waals surface area contributed by atoms with Gasteiger partial charge in [0.25, 0.3) is 5.91 Å². The first-order chi connectivity index (χ1) is 13.7. The van der Waals surface area contributed by atoms with E-state index in [9.17, 15) is 4.79 Å². The van der Waals surface area contributed by atoms with Crippen molar-refractivity contribution in [1.29, 1.82) is 0 Å². The van der Waals surface area contributed by atoms with Crippen molar-refractivity contribution in [2.24, 2.45) is 0 Å². The van der Waals surface area contributed by atoms with Gasteiger partial charge in [0.1, 0.15) is 11.6 Å². The highest BCUT2D eigenvalue weighted by molar-refractivity contribution is 6.06. The number of benzene rings is 2. The van der Waals surface area contributed by atoms with Gasteiger partial charge in [0.2, 0.25) is 0 Å². The molecule has 1 N–H and O–H groups in total. The number of ether oxygens (including phenoxy) is 1. The molecule has 142 valence electrons. The Labute approximate surface area is 164 Å². The summed E-state index contributed by atoms with van der Waals surface area (Å²) in [6, 6.07) is 19.5. The van der Waals surface area contributed by atoms with Gasteiger partial charge in [-0.2, -0.15) is 0 Å². The number of nitrogens with zero attached hydrogens (tertiary/aromatic N) is 3. The Morgan fingerprint density at radius 1 is 1.11 bits per heavy atom. The predicted octanol–water partition coefficient (Wildman–Crippen LogP) is 3.34. The summed E-state index contributed by atoms with van der Waals surface area (Å²) in [4.78, 5) is 14.5. The van der Waals surface area contributed by atoms with Gasteiger partial charge < -0.3 is 15.0 Å². The number of nitrogens with one attached hydrogen (secondary N) is 1. The van der Waals surface area contributed by atoms with Crippen LogP contribution in [0.25, 0.3) is 0 Å². The van der Waals surface area contributed by atoms with Gasteiger partial charge in [0.15, 0.2) is 5.69 Å². The zero-order valence-electron chi connectivity index (χ0n) is 15.8. The molecule has 1 aliphatic heterocycles. The lowest BCUT2D eigenvalue weighted by molar-refractivity contribution is 0.0983. The van der Waals surface area contributed by atoms with Crippen LogP contribution >= 0.6 is 0 Å². The second-order valence-electron chi connectivity index (χ2n) is 6.67. The lowest BCUT2D eigenvalue weighted by Crippen LogP contribution is -2.29. The first-order valence-corrected chi connectivity index (χ1v) is 9.35. The van der Waals surface area contributed by atoms with E-state index in [0.717, 1.165) is 24.3 Å². The Kier molecular flexibility index (Phi) is 5.19. The third-order valence-electron chi connectivity index (χ3n) is 4.87. The maximum atomic E-state index is 12.8. The number of hydrogen-bond donors (Lipinski definition) is 1. The van der Waals surface area contributed by atoms with Crippen molar-refractivity contribution >= 4 is 17.4 Å². The molecule has 6 heteroatoms. The number of anilines is 2. The number of fused-ring (bicyclic) bond motifs is 1. The third kappa shape index (κ3) is 3.81. The molecule has 0 atom stereocenters. The summed E-state index contributed by atoms with van der Waals surface area (Å²) in [7, 11) is 1.66. The minimum Gasteiger partial charge on any atom is -0.497 e. The minimum absolute atomic E-state index is 0.111. The summed E-state index contributed by atoms with van der Waals surface area (Å²) in [6.45, 7) is 1.40. The Balaban J connectivity index is 1.35. The Morgan fingerprint density at radius 3 is 2.82 bits per heavy atom. The Hall–Kier alpha value is -3.41. The lowest BCUT2D eigenvalue weighted by atomic mass is 10.1. The predicted molar refractivity (Wildman–Crippen MR) is 109 cm³/mol. The molecule has 1 amide bonds. The number of aromatic nitrogens is 2. The van der Waals surface area contributed by atoms with Crippen LogP contribution in [0.5, 0.6) is 5.75 Å². The van der Waals surface area contributed by atoms with Gasteiger partial charge in [-0.3, -0.25) is 4.79 Å². The molecule has 28 heavy (non-hydrogen) atoms. The molecule has 4 rings (SSSR count). The first-order valence-electron chi connectivity index (χ1n) is 9.35. The summed E-state index contributed by atoms with van der Waals surface area (Å²) < 4.78 is 5.24. The van der Waals surface area contributed by atoms with Gasteiger partial charge in [-0.15, -0.1) is 10.2 Å². The molecule has 2 aromatic carbocycles. The third-order valence-corrected chi connectivity index (χ3v) is 4.87. The number of hydrogen-bond acceptors (Lipinski definition) is 5. The molecule has 1 aliphatic rings. The van der Waals surface area contributed by atoms with Crippen LogP contribution in [0.15, 0.2) is 60.7 Å². The molecular weight excluding hydrogens is 352 g/mol. The Bertz CT molecular complexity index is 972. The second-order valence-corrected chi connectivity index (χ2v) is 6.67. The van der Waals surface area contributed by atoms with Crippen LogP contribution in [0.1, 0.15) is 21.6 Å². The second kappa shape index (κ2) is 8.08. The van der Waals surface area contributed by atoms with Crippen LogP contribution < -0.4 is 15.0 Å². The SMILES string of the molecule is COc1cccc(CCNc2ccc(C(=O)N3CCc4ccccc43)nn2)c1. The van der Waals surface area contributed by atoms with E-state index >= 15 is 0 Å². The van der Waals surface area contributed by atoms with E-state index in [2.05, 4.69) is 27.6 Å². The van der Waals surface area contributed by atoms with Crippen LogP contribution in [0, 0.1) is 0 Å². The summed E-state index contributed by atoms with van der Waals surface area (Å²) >= 11 is 0. The van der Waals surface area contributed by atoms with Gasteiger partial charge in [-0.05, 0) is 54.3 Å². The number of methoxy groups -OCH3 is 1. The minimum atomic E-state index is -0.111. The topological polar surface area (TPSA) is 67.3 Å². The summed E-state index contributed by atoms with van der Waals surface area (Å²) in [5, 5.41) is 11.5. The standard InChI is InChI=1S/C22H22N4O2/c1-28-18-7-4-5-16(15-18)11-13-23-21-10-9-19(24-25-21)22(27)26-14-12-17-6-2-3-8-20(17)26/h2-10,15H,11-14H2,1H3,(H,23,25). The molecular formula is C22H22N4O2. The maximum absolute atomic E-state index is 12.8. The molecule has 6 nitrogen and oxygen atoms in total. The Morgan fingerprint density at radius 2 is 2.00 bits per heavy atom. The van der Waals surface area contributed by atoms with Crippen molar-refractivity contribution < 1.29 is 9.53 Å². The van der Waals surface area contributed by atoms with Crippen LogP contribution in [0.2, 0.25) is 0 Å². The van der Waals surface area contributed by atoms with E-state index in [-0.39, 0.29) is 5.91 Å². The number of para-hydroxylation sites is 1. The van der Waals surface area contributed by atoms with E-state index in [0.29, 0.717) is 24.6 Å². The van der Waals surface area contributed by atoms with Gasteiger partial charge in [0.05, 0.1) is 7.11 Å². The smallest absolute Gasteiger partial charge is 0.278 e. The fraction of sp³-hybridized carbons (Fsp3) is 0.227. The van der Waals surface area contributed by atoms with Crippen molar-refractivity contribution in [2.75, 3.05) is 30.4 Å². The largest absolute Gasteiger partial charge is 0.497 e. The van der Waals surface area contributed by atoms with E-state index in [1.807, 2.05) is 36.4 Å². The van der Waals surface area contributed by atoms with Crippen LogP contribution in [-0.2, 0) is 12.8 Å². The normalized spacial score (nSPS) is 12.5. The van der Waals surface area contributed by atoms with Gasteiger partial charge in [0, 0.05) is 18.8 Å². The van der Waals surface area contributed by atoms with Crippen molar-refractivity contribution in [3.63, 3.8) is 0 Å². The molecule has 0 aliphatic carbocycles. The first kappa shape index (κ1) is 18.0.